The van der Waals surface area contributed by atoms with E-state index < -0.39 is 5.60 Å². The predicted octanol–water partition coefficient (Wildman–Crippen LogP) is 2.24. The highest BCUT2D eigenvalue weighted by Gasteiger charge is 2.20. The van der Waals surface area contributed by atoms with E-state index in [0.29, 0.717) is 37.0 Å². The van der Waals surface area contributed by atoms with E-state index in [2.05, 4.69) is 25.6 Å². The van der Waals surface area contributed by atoms with Crippen molar-refractivity contribution < 1.29 is 14.6 Å². The van der Waals surface area contributed by atoms with Crippen LogP contribution in [0.1, 0.15) is 43.1 Å². The van der Waals surface area contributed by atoms with E-state index in [1.165, 1.54) is 12.3 Å². The highest BCUT2D eigenvalue weighted by atomic mass is 16.5. The number of β-amino-alcohol motifs (C(OH)–C–C–N with tert-alkyl or cyclic N) is 1. The molecule has 1 aliphatic heterocycles. The van der Waals surface area contributed by atoms with Crippen LogP contribution in [0.3, 0.4) is 0 Å². The first kappa shape index (κ1) is 18.1. The molecule has 2 aromatic rings. The van der Waals surface area contributed by atoms with Crippen LogP contribution in [-0.4, -0.2) is 44.7 Å². The third kappa shape index (κ3) is 4.89. The van der Waals surface area contributed by atoms with Gasteiger partial charge in [-0.05, 0) is 32.3 Å². The summed E-state index contributed by atoms with van der Waals surface area (Å²) in [4.78, 5) is 24.9. The molecule has 1 atom stereocenters. The molecule has 8 heteroatoms. The van der Waals surface area contributed by atoms with Crippen LogP contribution in [0.15, 0.2) is 30.7 Å². The van der Waals surface area contributed by atoms with Gasteiger partial charge in [-0.15, -0.1) is 0 Å². The monoisotopic (exact) mass is 357 g/mol. The molecule has 0 aliphatic carbocycles. The van der Waals surface area contributed by atoms with Crippen molar-refractivity contribution in [2.75, 3.05) is 23.8 Å². The lowest BCUT2D eigenvalue weighted by molar-refractivity contribution is 0.0610. The second-order valence-electron chi connectivity index (χ2n) is 6.60. The zero-order valence-corrected chi connectivity index (χ0v) is 14.7. The SMILES string of the molecule is CC1(O)CCCCCOc2ccncc2NC(=O)c2ccnc(n2)NC1. The highest BCUT2D eigenvalue weighted by Crippen LogP contribution is 2.24. The van der Waals surface area contributed by atoms with Gasteiger partial charge in [0, 0.05) is 25.0 Å². The van der Waals surface area contributed by atoms with E-state index in [4.69, 9.17) is 4.74 Å². The third-order valence-electron chi connectivity index (χ3n) is 4.16. The number of nitrogens with one attached hydrogen (secondary N) is 2. The van der Waals surface area contributed by atoms with Gasteiger partial charge in [0.05, 0.1) is 18.4 Å². The van der Waals surface area contributed by atoms with Crippen LogP contribution in [0.2, 0.25) is 0 Å². The second kappa shape index (κ2) is 8.09. The van der Waals surface area contributed by atoms with Crippen molar-refractivity contribution in [2.24, 2.45) is 0 Å². The lowest BCUT2D eigenvalue weighted by Gasteiger charge is -2.23. The van der Waals surface area contributed by atoms with Gasteiger partial charge in [0.15, 0.2) is 0 Å². The minimum Gasteiger partial charge on any atom is -0.491 e. The first-order valence-corrected chi connectivity index (χ1v) is 8.71. The summed E-state index contributed by atoms with van der Waals surface area (Å²) in [5.74, 6) is 0.486. The number of hydrogen-bond donors (Lipinski definition) is 3. The minimum atomic E-state index is -0.877. The van der Waals surface area contributed by atoms with Crippen molar-refractivity contribution in [3.63, 3.8) is 0 Å². The largest absolute Gasteiger partial charge is 0.491 e. The number of carbonyl (C=O) groups is 1. The average Bonchev–Trinajstić information content (AvgIpc) is 2.64. The molecular formula is C18H23N5O3. The molecule has 0 fully saturated rings. The fourth-order valence-corrected chi connectivity index (χ4v) is 2.68. The standard InChI is InChI=1S/C18H23N5O3/c1-18(25)7-3-2-4-10-26-15-6-8-19-11-14(15)22-16(24)13-5-9-20-17(23-13)21-12-18/h5-6,8-9,11,25H,2-4,7,10,12H2,1H3,(H,22,24)(H,20,21,23). The fourth-order valence-electron chi connectivity index (χ4n) is 2.68. The lowest BCUT2D eigenvalue weighted by atomic mass is 9.98. The molecule has 1 amide bonds. The fraction of sp³-hybridized carbons (Fsp3) is 0.444. The van der Waals surface area contributed by atoms with Crippen LogP contribution >= 0.6 is 0 Å². The van der Waals surface area contributed by atoms with Gasteiger partial charge in [-0.1, -0.05) is 6.42 Å². The average molecular weight is 357 g/mol. The van der Waals surface area contributed by atoms with Gasteiger partial charge in [-0.3, -0.25) is 9.78 Å². The van der Waals surface area contributed by atoms with Gasteiger partial charge in [0.2, 0.25) is 5.95 Å². The Morgan fingerprint density at radius 3 is 3.00 bits per heavy atom. The Kier molecular flexibility index (Phi) is 5.62. The summed E-state index contributed by atoms with van der Waals surface area (Å²) in [6, 6.07) is 3.25. The number of aromatic nitrogens is 3. The van der Waals surface area contributed by atoms with Crippen molar-refractivity contribution in [3.05, 3.63) is 36.4 Å². The zero-order chi connectivity index (χ0) is 18.4. The molecule has 0 saturated carbocycles. The molecule has 1 aliphatic rings. The molecule has 26 heavy (non-hydrogen) atoms. The molecule has 3 heterocycles. The van der Waals surface area contributed by atoms with E-state index in [1.807, 2.05) is 0 Å². The number of fused-ring (bicyclic) bond motifs is 3. The molecule has 3 rings (SSSR count). The minimum absolute atomic E-state index is 0.212. The van der Waals surface area contributed by atoms with E-state index in [-0.39, 0.29) is 11.6 Å². The van der Waals surface area contributed by atoms with Crippen molar-refractivity contribution >= 4 is 17.5 Å². The summed E-state index contributed by atoms with van der Waals surface area (Å²) in [7, 11) is 0. The molecule has 3 N–H and O–H groups in total. The number of pyridine rings is 1. The molecule has 0 saturated heterocycles. The third-order valence-corrected chi connectivity index (χ3v) is 4.16. The first-order chi connectivity index (χ1) is 12.5. The molecule has 2 aromatic heterocycles. The van der Waals surface area contributed by atoms with E-state index in [9.17, 15) is 9.90 Å². The number of aliphatic hydroxyl groups is 1. The first-order valence-electron chi connectivity index (χ1n) is 8.71. The van der Waals surface area contributed by atoms with Gasteiger partial charge in [0.25, 0.3) is 5.91 Å². The maximum absolute atomic E-state index is 12.5. The van der Waals surface area contributed by atoms with Gasteiger partial charge >= 0.3 is 0 Å². The molecule has 0 radical (unpaired) electrons. The van der Waals surface area contributed by atoms with E-state index >= 15 is 0 Å². The van der Waals surface area contributed by atoms with Crippen LogP contribution in [0.25, 0.3) is 0 Å². The van der Waals surface area contributed by atoms with Gasteiger partial charge < -0.3 is 20.5 Å². The Balaban J connectivity index is 1.84. The quantitative estimate of drug-likeness (QED) is 0.663. The maximum atomic E-state index is 12.5. The summed E-state index contributed by atoms with van der Waals surface area (Å²) >= 11 is 0. The van der Waals surface area contributed by atoms with Crippen LogP contribution in [0.4, 0.5) is 11.6 Å². The van der Waals surface area contributed by atoms with Crippen LogP contribution in [0.5, 0.6) is 5.75 Å². The predicted molar refractivity (Wildman–Crippen MR) is 97.3 cm³/mol. The van der Waals surface area contributed by atoms with Crippen molar-refractivity contribution in [3.8, 4) is 5.75 Å². The molecule has 138 valence electrons. The molecule has 8 nitrogen and oxygen atoms in total. The summed E-state index contributed by atoms with van der Waals surface area (Å²) in [6.45, 7) is 2.62. The Labute approximate surface area is 152 Å². The topological polar surface area (TPSA) is 109 Å². The van der Waals surface area contributed by atoms with Crippen LogP contribution in [-0.2, 0) is 0 Å². The smallest absolute Gasteiger partial charge is 0.274 e. The van der Waals surface area contributed by atoms with Gasteiger partial charge in [-0.2, -0.15) is 0 Å². The van der Waals surface area contributed by atoms with E-state index in [1.54, 1.807) is 25.4 Å². The Hall–Kier alpha value is -2.74. The Morgan fingerprint density at radius 2 is 2.12 bits per heavy atom. The van der Waals surface area contributed by atoms with E-state index in [0.717, 1.165) is 19.3 Å². The Bertz CT molecular complexity index is 766. The lowest BCUT2D eigenvalue weighted by Crippen LogP contribution is -2.34. The number of nitrogens with zero attached hydrogens (tertiary/aromatic N) is 3. The van der Waals surface area contributed by atoms with Gasteiger partial charge in [0.1, 0.15) is 17.1 Å². The Morgan fingerprint density at radius 1 is 1.23 bits per heavy atom. The molecule has 2 bridgehead atoms. The second-order valence-corrected chi connectivity index (χ2v) is 6.60. The van der Waals surface area contributed by atoms with Crippen molar-refractivity contribution in [1.82, 2.24) is 15.0 Å². The van der Waals surface area contributed by atoms with Crippen molar-refractivity contribution in [2.45, 2.75) is 38.2 Å². The van der Waals surface area contributed by atoms with Crippen LogP contribution in [0, 0.1) is 0 Å². The normalized spacial score (nSPS) is 21.7. The molecule has 0 aromatic carbocycles. The van der Waals surface area contributed by atoms with Gasteiger partial charge in [-0.25, -0.2) is 9.97 Å². The molecule has 1 unspecified atom stereocenters. The highest BCUT2D eigenvalue weighted by molar-refractivity contribution is 6.03. The number of carbonyl (C=O) groups excluding carboxylic acids is 1. The summed E-state index contributed by atoms with van der Waals surface area (Å²) in [5.41, 5.74) is -0.164. The number of rotatable bonds is 0. The summed E-state index contributed by atoms with van der Waals surface area (Å²) in [6.07, 6.45) is 8.01. The molecule has 0 spiro atoms. The number of hydrogen-bond acceptors (Lipinski definition) is 7. The maximum Gasteiger partial charge on any atom is 0.274 e. The summed E-state index contributed by atoms with van der Waals surface area (Å²) < 4.78 is 5.78. The molecular weight excluding hydrogens is 334 g/mol. The zero-order valence-electron chi connectivity index (χ0n) is 14.7. The van der Waals surface area contributed by atoms with Crippen LogP contribution < -0.4 is 15.4 Å². The number of amides is 1. The summed E-state index contributed by atoms with van der Waals surface area (Å²) in [5, 5.41) is 16.2. The number of ether oxygens (including phenoxy) is 1. The number of anilines is 2. The van der Waals surface area contributed by atoms with Crippen molar-refractivity contribution in [1.29, 1.82) is 0 Å².